The molecule has 2 aliphatic rings. The van der Waals surface area contributed by atoms with Crippen molar-refractivity contribution in [3.8, 4) is 0 Å². The predicted octanol–water partition coefficient (Wildman–Crippen LogP) is 0.624. The van der Waals surface area contributed by atoms with Gasteiger partial charge in [-0.1, -0.05) is 6.42 Å². The van der Waals surface area contributed by atoms with Gasteiger partial charge in [-0.3, -0.25) is 0 Å². The van der Waals surface area contributed by atoms with Crippen LogP contribution in [0.3, 0.4) is 0 Å². The number of nitrogens with zero attached hydrogens (tertiary/aromatic N) is 1. The van der Waals surface area contributed by atoms with E-state index in [4.69, 9.17) is 4.74 Å². The Hall–Kier alpha value is -0.120. The second-order valence-corrected chi connectivity index (χ2v) is 4.36. The molecule has 3 nitrogen and oxygen atoms in total. The molecule has 2 rings (SSSR count). The van der Waals surface area contributed by atoms with Crippen LogP contribution >= 0.6 is 0 Å². The van der Waals surface area contributed by atoms with Crippen molar-refractivity contribution in [1.82, 2.24) is 4.90 Å². The zero-order valence-corrected chi connectivity index (χ0v) is 8.17. The van der Waals surface area contributed by atoms with Crippen molar-refractivity contribution >= 4 is 0 Å². The van der Waals surface area contributed by atoms with Crippen molar-refractivity contribution in [3.05, 3.63) is 0 Å². The topological polar surface area (TPSA) is 32.7 Å². The minimum Gasteiger partial charge on any atom is -0.386 e. The van der Waals surface area contributed by atoms with Crippen LogP contribution in [-0.2, 0) is 4.74 Å². The number of ether oxygens (including phenoxy) is 1. The highest BCUT2D eigenvalue weighted by Crippen LogP contribution is 2.21. The summed E-state index contributed by atoms with van der Waals surface area (Å²) >= 11 is 0. The summed E-state index contributed by atoms with van der Waals surface area (Å²) in [4.78, 5) is 2.37. The fourth-order valence-corrected chi connectivity index (χ4v) is 2.25. The fourth-order valence-electron chi connectivity index (χ4n) is 2.25. The number of aliphatic hydroxyl groups is 1. The van der Waals surface area contributed by atoms with E-state index in [2.05, 4.69) is 4.90 Å². The van der Waals surface area contributed by atoms with Gasteiger partial charge in [-0.2, -0.15) is 0 Å². The summed E-state index contributed by atoms with van der Waals surface area (Å²) in [6.45, 7) is 4.38. The van der Waals surface area contributed by atoms with Crippen LogP contribution < -0.4 is 0 Å². The second kappa shape index (κ2) is 3.95. The van der Waals surface area contributed by atoms with Crippen LogP contribution in [0.5, 0.6) is 0 Å². The Kier molecular flexibility index (Phi) is 2.86. The van der Waals surface area contributed by atoms with Crippen LogP contribution in [0.4, 0.5) is 0 Å². The van der Waals surface area contributed by atoms with Crippen molar-refractivity contribution in [2.75, 3.05) is 32.8 Å². The van der Waals surface area contributed by atoms with Gasteiger partial charge in [0, 0.05) is 19.6 Å². The number of rotatable bonds is 2. The largest absolute Gasteiger partial charge is 0.386 e. The third-order valence-corrected chi connectivity index (χ3v) is 3.05. The van der Waals surface area contributed by atoms with E-state index in [1.807, 2.05) is 0 Å². The molecule has 0 saturated carbocycles. The molecule has 1 atom stereocenters. The van der Waals surface area contributed by atoms with E-state index >= 15 is 0 Å². The molecule has 2 heterocycles. The first-order chi connectivity index (χ1) is 6.29. The summed E-state index contributed by atoms with van der Waals surface area (Å²) < 4.78 is 5.22. The quantitative estimate of drug-likeness (QED) is 0.684. The Morgan fingerprint density at radius 1 is 1.23 bits per heavy atom. The average molecular weight is 185 g/mol. The van der Waals surface area contributed by atoms with Crippen LogP contribution in [0.2, 0.25) is 0 Å². The molecule has 2 saturated heterocycles. The van der Waals surface area contributed by atoms with Gasteiger partial charge in [0.15, 0.2) is 0 Å². The molecule has 0 aromatic carbocycles. The Labute approximate surface area is 79.7 Å². The van der Waals surface area contributed by atoms with Gasteiger partial charge in [-0.15, -0.1) is 0 Å². The van der Waals surface area contributed by atoms with E-state index in [0.29, 0.717) is 6.61 Å². The molecule has 0 bridgehead atoms. The van der Waals surface area contributed by atoms with Gasteiger partial charge in [0.1, 0.15) is 5.60 Å². The first-order valence-electron chi connectivity index (χ1n) is 5.31. The zero-order chi connectivity index (χ0) is 9.15. The maximum absolute atomic E-state index is 10.1. The van der Waals surface area contributed by atoms with Crippen molar-refractivity contribution in [2.24, 2.45) is 0 Å². The summed E-state index contributed by atoms with van der Waals surface area (Å²) in [6, 6.07) is 0. The third-order valence-electron chi connectivity index (χ3n) is 3.05. The summed E-state index contributed by atoms with van der Waals surface area (Å²) in [5, 5.41) is 10.1. The molecular weight excluding hydrogens is 166 g/mol. The van der Waals surface area contributed by atoms with Crippen LogP contribution in [0.25, 0.3) is 0 Å². The van der Waals surface area contributed by atoms with Gasteiger partial charge >= 0.3 is 0 Å². The average Bonchev–Trinajstić information content (AvgIpc) is 2.54. The van der Waals surface area contributed by atoms with Crippen LogP contribution in [0.1, 0.15) is 25.7 Å². The second-order valence-electron chi connectivity index (χ2n) is 4.36. The van der Waals surface area contributed by atoms with E-state index in [0.717, 1.165) is 32.7 Å². The highest BCUT2D eigenvalue weighted by molar-refractivity contribution is 4.86. The molecule has 13 heavy (non-hydrogen) atoms. The number of likely N-dealkylation sites (tertiary alicyclic amines) is 1. The lowest BCUT2D eigenvalue weighted by Gasteiger charge is -2.32. The first kappa shape index (κ1) is 9.44. The SMILES string of the molecule is OC1(CN2CCCCC2)CCOC1. The van der Waals surface area contributed by atoms with Gasteiger partial charge in [0.25, 0.3) is 0 Å². The number of hydrogen-bond donors (Lipinski definition) is 1. The van der Waals surface area contributed by atoms with Crippen molar-refractivity contribution < 1.29 is 9.84 Å². The third kappa shape index (κ3) is 2.42. The molecule has 2 fully saturated rings. The van der Waals surface area contributed by atoms with Crippen molar-refractivity contribution in [1.29, 1.82) is 0 Å². The van der Waals surface area contributed by atoms with Crippen LogP contribution in [-0.4, -0.2) is 48.5 Å². The molecule has 0 aromatic rings. The molecule has 0 aliphatic carbocycles. The monoisotopic (exact) mass is 185 g/mol. The normalized spacial score (nSPS) is 36.7. The molecule has 0 radical (unpaired) electrons. The lowest BCUT2D eigenvalue weighted by molar-refractivity contribution is -0.00842. The van der Waals surface area contributed by atoms with Gasteiger partial charge < -0.3 is 14.7 Å². The van der Waals surface area contributed by atoms with Gasteiger partial charge in [0.2, 0.25) is 0 Å². The number of piperidine rings is 1. The summed E-state index contributed by atoms with van der Waals surface area (Å²) in [5.74, 6) is 0. The number of hydrogen-bond acceptors (Lipinski definition) is 3. The Morgan fingerprint density at radius 3 is 2.62 bits per heavy atom. The van der Waals surface area contributed by atoms with Gasteiger partial charge in [0.05, 0.1) is 6.61 Å². The molecule has 0 amide bonds. The van der Waals surface area contributed by atoms with Crippen LogP contribution in [0.15, 0.2) is 0 Å². The van der Waals surface area contributed by atoms with Crippen molar-refractivity contribution in [3.63, 3.8) is 0 Å². The Morgan fingerprint density at radius 2 is 2.00 bits per heavy atom. The maximum atomic E-state index is 10.1. The maximum Gasteiger partial charge on any atom is 0.103 e. The Balaban J connectivity index is 1.81. The predicted molar refractivity (Wildman–Crippen MR) is 50.7 cm³/mol. The highest BCUT2D eigenvalue weighted by Gasteiger charge is 2.34. The van der Waals surface area contributed by atoms with Crippen molar-refractivity contribution in [2.45, 2.75) is 31.3 Å². The smallest absolute Gasteiger partial charge is 0.103 e. The molecule has 0 spiro atoms. The molecule has 3 heteroatoms. The molecular formula is C10H19NO2. The molecule has 76 valence electrons. The molecule has 2 aliphatic heterocycles. The van der Waals surface area contributed by atoms with E-state index in [9.17, 15) is 5.11 Å². The summed E-state index contributed by atoms with van der Waals surface area (Å²) in [5.41, 5.74) is -0.544. The lowest BCUT2D eigenvalue weighted by Crippen LogP contribution is -2.45. The molecule has 0 aromatic heterocycles. The standard InChI is InChI=1S/C10H19NO2/c12-10(4-7-13-9-10)8-11-5-2-1-3-6-11/h12H,1-9H2. The molecule has 1 unspecified atom stereocenters. The summed E-state index contributed by atoms with van der Waals surface area (Å²) in [6.07, 6.45) is 4.74. The number of β-amino-alcohol motifs (C(OH)–C–C–N with tert-alkyl or cyclic N) is 1. The Bertz CT molecular complexity index is 160. The van der Waals surface area contributed by atoms with E-state index < -0.39 is 5.60 Å². The van der Waals surface area contributed by atoms with Crippen LogP contribution in [0, 0.1) is 0 Å². The molecule has 1 N–H and O–H groups in total. The van der Waals surface area contributed by atoms with Gasteiger partial charge in [-0.05, 0) is 25.9 Å². The van der Waals surface area contributed by atoms with Gasteiger partial charge in [-0.25, -0.2) is 0 Å². The lowest BCUT2D eigenvalue weighted by atomic mass is 10.0. The fraction of sp³-hybridized carbons (Fsp3) is 1.00. The zero-order valence-electron chi connectivity index (χ0n) is 8.17. The minimum absolute atomic E-state index is 0.531. The van der Waals surface area contributed by atoms with E-state index in [1.165, 1.54) is 19.3 Å². The summed E-state index contributed by atoms with van der Waals surface area (Å²) in [7, 11) is 0. The minimum atomic E-state index is -0.544. The van der Waals surface area contributed by atoms with E-state index in [1.54, 1.807) is 0 Å². The first-order valence-corrected chi connectivity index (χ1v) is 5.31. The van der Waals surface area contributed by atoms with E-state index in [-0.39, 0.29) is 0 Å². The highest BCUT2D eigenvalue weighted by atomic mass is 16.5.